The maximum absolute atomic E-state index is 5.87. The summed E-state index contributed by atoms with van der Waals surface area (Å²) in [5, 5.41) is 8.49. The molecule has 0 atom stereocenters. The minimum absolute atomic E-state index is 0.377. The van der Waals surface area contributed by atoms with Crippen LogP contribution < -0.4 is 10.5 Å². The van der Waals surface area contributed by atoms with Crippen molar-refractivity contribution in [2.45, 2.75) is 13.2 Å². The second-order valence-electron chi connectivity index (χ2n) is 3.49. The van der Waals surface area contributed by atoms with Crippen LogP contribution in [-0.2, 0) is 13.2 Å². The van der Waals surface area contributed by atoms with Gasteiger partial charge in [-0.05, 0) is 23.8 Å². The SMILES string of the molecule is NCc1ccc(OCc2cccc(Cl)c2)nn1. The molecule has 88 valence electrons. The van der Waals surface area contributed by atoms with Gasteiger partial charge in [-0.1, -0.05) is 23.7 Å². The second kappa shape index (κ2) is 5.61. The van der Waals surface area contributed by atoms with Crippen LogP contribution in [-0.4, -0.2) is 10.2 Å². The molecule has 0 radical (unpaired) electrons. The zero-order valence-corrected chi connectivity index (χ0v) is 9.89. The summed E-state index contributed by atoms with van der Waals surface area (Å²) in [6.07, 6.45) is 0. The zero-order valence-electron chi connectivity index (χ0n) is 9.14. The Morgan fingerprint density at radius 2 is 2.06 bits per heavy atom. The van der Waals surface area contributed by atoms with Crippen LogP contribution in [0.2, 0.25) is 5.02 Å². The first-order chi connectivity index (χ1) is 8.28. The van der Waals surface area contributed by atoms with Crippen LogP contribution in [0.4, 0.5) is 0 Å². The number of halogens is 1. The first-order valence-electron chi connectivity index (χ1n) is 5.18. The van der Waals surface area contributed by atoms with E-state index in [-0.39, 0.29) is 0 Å². The predicted molar refractivity (Wildman–Crippen MR) is 65.7 cm³/mol. The molecule has 0 amide bonds. The Kier molecular flexibility index (Phi) is 3.90. The number of benzene rings is 1. The van der Waals surface area contributed by atoms with Crippen LogP contribution in [0.1, 0.15) is 11.3 Å². The summed E-state index contributed by atoms with van der Waals surface area (Å²) in [5.74, 6) is 0.474. The number of rotatable bonds is 4. The van der Waals surface area contributed by atoms with Crippen molar-refractivity contribution in [2.24, 2.45) is 5.73 Å². The molecule has 5 heteroatoms. The lowest BCUT2D eigenvalue weighted by Gasteiger charge is -2.05. The first kappa shape index (κ1) is 11.8. The van der Waals surface area contributed by atoms with Gasteiger partial charge in [-0.2, -0.15) is 5.10 Å². The molecule has 0 saturated heterocycles. The van der Waals surface area contributed by atoms with Crippen molar-refractivity contribution in [3.8, 4) is 5.88 Å². The molecule has 0 fully saturated rings. The van der Waals surface area contributed by atoms with Gasteiger partial charge in [-0.25, -0.2) is 0 Å². The maximum atomic E-state index is 5.87. The zero-order chi connectivity index (χ0) is 12.1. The molecule has 0 saturated carbocycles. The van der Waals surface area contributed by atoms with Gasteiger partial charge in [0.05, 0.1) is 5.69 Å². The van der Waals surface area contributed by atoms with Gasteiger partial charge in [0.25, 0.3) is 0 Å². The summed E-state index contributed by atoms with van der Waals surface area (Å²) in [7, 11) is 0. The largest absolute Gasteiger partial charge is 0.472 e. The number of hydrogen-bond acceptors (Lipinski definition) is 4. The molecule has 0 spiro atoms. The van der Waals surface area contributed by atoms with E-state index >= 15 is 0 Å². The highest BCUT2D eigenvalue weighted by atomic mass is 35.5. The summed E-state index contributed by atoms with van der Waals surface area (Å²) in [6.45, 7) is 0.790. The Bertz CT molecular complexity index is 487. The van der Waals surface area contributed by atoms with Crippen LogP contribution in [0.3, 0.4) is 0 Å². The summed E-state index contributed by atoms with van der Waals surface area (Å²) in [4.78, 5) is 0. The van der Waals surface area contributed by atoms with Crippen LogP contribution in [0.25, 0.3) is 0 Å². The van der Waals surface area contributed by atoms with Crippen LogP contribution >= 0.6 is 11.6 Å². The highest BCUT2D eigenvalue weighted by Crippen LogP contribution is 2.13. The molecule has 0 aliphatic rings. The molecule has 2 rings (SSSR count). The second-order valence-corrected chi connectivity index (χ2v) is 3.92. The summed E-state index contributed by atoms with van der Waals surface area (Å²) in [6, 6.07) is 11.0. The van der Waals surface area contributed by atoms with E-state index in [0.717, 1.165) is 11.3 Å². The predicted octanol–water partition coefficient (Wildman–Crippen LogP) is 2.17. The molecular weight excluding hydrogens is 238 g/mol. The molecule has 4 nitrogen and oxygen atoms in total. The molecule has 0 aliphatic carbocycles. The molecule has 1 aromatic carbocycles. The quantitative estimate of drug-likeness (QED) is 0.902. The Morgan fingerprint density at radius 3 is 2.71 bits per heavy atom. The monoisotopic (exact) mass is 249 g/mol. The van der Waals surface area contributed by atoms with E-state index in [1.54, 1.807) is 12.1 Å². The topological polar surface area (TPSA) is 61.0 Å². The van der Waals surface area contributed by atoms with E-state index in [9.17, 15) is 0 Å². The van der Waals surface area contributed by atoms with Crippen molar-refractivity contribution in [3.05, 3.63) is 52.7 Å². The van der Waals surface area contributed by atoms with Gasteiger partial charge in [0, 0.05) is 17.6 Å². The molecule has 0 aliphatic heterocycles. The van der Waals surface area contributed by atoms with Crippen molar-refractivity contribution >= 4 is 11.6 Å². The van der Waals surface area contributed by atoms with Crippen molar-refractivity contribution in [1.82, 2.24) is 10.2 Å². The van der Waals surface area contributed by atoms with Crippen LogP contribution in [0.5, 0.6) is 5.88 Å². The van der Waals surface area contributed by atoms with Gasteiger partial charge < -0.3 is 10.5 Å². The average molecular weight is 250 g/mol. The van der Waals surface area contributed by atoms with Crippen molar-refractivity contribution in [3.63, 3.8) is 0 Å². The standard InChI is InChI=1S/C12H12ClN3O/c13-10-3-1-2-9(6-10)8-17-12-5-4-11(7-14)15-16-12/h1-6H,7-8,14H2. The molecule has 0 unspecified atom stereocenters. The highest BCUT2D eigenvalue weighted by molar-refractivity contribution is 6.30. The average Bonchev–Trinajstić information content (AvgIpc) is 2.37. The lowest BCUT2D eigenvalue weighted by Crippen LogP contribution is -2.03. The van der Waals surface area contributed by atoms with Crippen molar-refractivity contribution in [1.29, 1.82) is 0 Å². The summed E-state index contributed by atoms with van der Waals surface area (Å²) >= 11 is 5.87. The third-order valence-corrected chi connectivity index (χ3v) is 2.42. The fourth-order valence-electron chi connectivity index (χ4n) is 1.32. The highest BCUT2D eigenvalue weighted by Gasteiger charge is 1.99. The van der Waals surface area contributed by atoms with E-state index in [2.05, 4.69) is 10.2 Å². The minimum atomic E-state index is 0.377. The third-order valence-electron chi connectivity index (χ3n) is 2.18. The Labute approximate surface area is 104 Å². The van der Waals surface area contributed by atoms with Crippen molar-refractivity contribution in [2.75, 3.05) is 0 Å². The van der Waals surface area contributed by atoms with Crippen LogP contribution in [0, 0.1) is 0 Å². The van der Waals surface area contributed by atoms with Crippen LogP contribution in [0.15, 0.2) is 36.4 Å². The van der Waals surface area contributed by atoms with E-state index in [1.165, 1.54) is 0 Å². The molecule has 2 aromatic rings. The van der Waals surface area contributed by atoms with Gasteiger partial charge in [-0.15, -0.1) is 5.10 Å². The fourth-order valence-corrected chi connectivity index (χ4v) is 1.53. The lowest BCUT2D eigenvalue weighted by molar-refractivity contribution is 0.290. The fraction of sp³-hybridized carbons (Fsp3) is 0.167. The van der Waals surface area contributed by atoms with E-state index in [4.69, 9.17) is 22.1 Å². The number of hydrogen-bond donors (Lipinski definition) is 1. The van der Waals surface area contributed by atoms with Gasteiger partial charge in [0.15, 0.2) is 0 Å². The summed E-state index contributed by atoms with van der Waals surface area (Å²) < 4.78 is 5.47. The molecular formula is C12H12ClN3O. The molecule has 1 heterocycles. The van der Waals surface area contributed by atoms with Gasteiger partial charge in [0.2, 0.25) is 5.88 Å². The number of nitrogens with two attached hydrogens (primary N) is 1. The first-order valence-corrected chi connectivity index (χ1v) is 5.55. The third kappa shape index (κ3) is 3.41. The number of aromatic nitrogens is 2. The maximum Gasteiger partial charge on any atom is 0.233 e. The molecule has 2 N–H and O–H groups in total. The molecule has 1 aromatic heterocycles. The van der Waals surface area contributed by atoms with E-state index in [0.29, 0.717) is 24.1 Å². The number of ether oxygens (including phenoxy) is 1. The van der Waals surface area contributed by atoms with Crippen molar-refractivity contribution < 1.29 is 4.74 Å². The van der Waals surface area contributed by atoms with E-state index in [1.807, 2.05) is 24.3 Å². The Morgan fingerprint density at radius 1 is 1.18 bits per heavy atom. The van der Waals surface area contributed by atoms with Gasteiger partial charge >= 0.3 is 0 Å². The van der Waals surface area contributed by atoms with E-state index < -0.39 is 0 Å². The number of nitrogens with zero attached hydrogens (tertiary/aromatic N) is 2. The Balaban J connectivity index is 1.97. The molecule has 17 heavy (non-hydrogen) atoms. The normalized spacial score (nSPS) is 10.2. The Hall–Kier alpha value is -1.65. The lowest BCUT2D eigenvalue weighted by atomic mass is 10.2. The van der Waals surface area contributed by atoms with Gasteiger partial charge in [-0.3, -0.25) is 0 Å². The minimum Gasteiger partial charge on any atom is -0.472 e. The van der Waals surface area contributed by atoms with Gasteiger partial charge in [0.1, 0.15) is 6.61 Å². The molecule has 0 bridgehead atoms. The summed E-state index contributed by atoms with van der Waals surface area (Å²) in [5.41, 5.74) is 7.15. The smallest absolute Gasteiger partial charge is 0.233 e.